The Hall–Kier alpha value is -0.960. The molecule has 1 aliphatic rings. The van der Waals surface area contributed by atoms with Crippen LogP contribution in [-0.4, -0.2) is 12.6 Å². The summed E-state index contributed by atoms with van der Waals surface area (Å²) in [7, 11) is 0. The molecule has 78 valence electrons. The molecule has 0 saturated carbocycles. The molecule has 0 amide bonds. The highest BCUT2D eigenvalue weighted by molar-refractivity contribution is 9.10. The molecule has 0 unspecified atom stereocenters. The Bertz CT molecular complexity index is 426. The van der Waals surface area contributed by atoms with E-state index in [9.17, 15) is 9.59 Å². The van der Waals surface area contributed by atoms with Crippen LogP contribution in [0.25, 0.3) is 0 Å². The Morgan fingerprint density at radius 2 is 2.13 bits per heavy atom. The lowest BCUT2D eigenvalue weighted by Gasteiger charge is -2.10. The number of hydrogen-bond acceptors (Lipinski definition) is 2. The minimum absolute atomic E-state index is 0.117. The lowest BCUT2D eigenvalue weighted by Crippen LogP contribution is -2.06. The van der Waals surface area contributed by atoms with E-state index in [1.54, 1.807) is 6.07 Å². The van der Waals surface area contributed by atoms with E-state index in [-0.39, 0.29) is 5.92 Å². The van der Waals surface area contributed by atoms with E-state index in [4.69, 9.17) is 0 Å². The van der Waals surface area contributed by atoms with Gasteiger partial charge < -0.3 is 4.79 Å². The van der Waals surface area contributed by atoms with Crippen molar-refractivity contribution < 1.29 is 9.59 Å². The quantitative estimate of drug-likeness (QED) is 0.772. The fourth-order valence-corrected chi connectivity index (χ4v) is 2.85. The maximum Gasteiger partial charge on any atom is 0.150 e. The molecule has 0 spiro atoms. The third kappa shape index (κ3) is 1.65. The van der Waals surface area contributed by atoms with E-state index in [1.807, 2.05) is 13.0 Å². The Kier molecular flexibility index (Phi) is 2.74. The number of benzene rings is 1. The van der Waals surface area contributed by atoms with Crippen molar-refractivity contribution >= 4 is 28.5 Å². The zero-order valence-electron chi connectivity index (χ0n) is 8.37. The first-order chi connectivity index (χ1) is 7.17. The van der Waals surface area contributed by atoms with Crippen LogP contribution in [0, 0.1) is 5.92 Å². The number of carbonyl (C=O) groups is 2. The van der Waals surface area contributed by atoms with Crippen molar-refractivity contribution in [3.05, 3.63) is 33.3 Å². The van der Waals surface area contributed by atoms with Crippen LogP contribution in [0.3, 0.4) is 0 Å². The van der Waals surface area contributed by atoms with Gasteiger partial charge >= 0.3 is 0 Å². The predicted octanol–water partition coefficient (Wildman–Crippen LogP) is 2.74. The molecule has 0 fully saturated rings. The fourth-order valence-electron chi connectivity index (χ4n) is 2.33. The molecule has 0 heterocycles. The lowest BCUT2D eigenvalue weighted by molar-refractivity contribution is -0.109. The maximum absolute atomic E-state index is 11.0. The standard InChI is InChI=1S/C12H11BrO2/c1-7-2-8-3-10(13)4-9(5-14)12(8)11(7)6-15/h3-7,11H,2H2,1H3/t7-,11+/m1/s1. The number of carbonyl (C=O) groups excluding carboxylic acids is 2. The molecule has 0 aromatic heterocycles. The summed E-state index contributed by atoms with van der Waals surface area (Å²) in [6.45, 7) is 2.04. The van der Waals surface area contributed by atoms with Crippen LogP contribution in [0.5, 0.6) is 0 Å². The van der Waals surface area contributed by atoms with E-state index >= 15 is 0 Å². The van der Waals surface area contributed by atoms with Gasteiger partial charge in [0.15, 0.2) is 0 Å². The number of hydrogen-bond donors (Lipinski definition) is 0. The highest BCUT2D eigenvalue weighted by Crippen LogP contribution is 2.39. The lowest BCUT2D eigenvalue weighted by atomic mass is 9.93. The normalized spacial score (nSPS) is 23.6. The number of fused-ring (bicyclic) bond motifs is 1. The first kappa shape index (κ1) is 10.6. The molecule has 0 radical (unpaired) electrons. The van der Waals surface area contributed by atoms with Gasteiger partial charge in [-0.2, -0.15) is 0 Å². The molecule has 0 saturated heterocycles. The number of halogens is 1. The highest BCUT2D eigenvalue weighted by atomic mass is 79.9. The molecule has 2 rings (SSSR count). The van der Waals surface area contributed by atoms with Crippen LogP contribution in [0.1, 0.15) is 34.3 Å². The van der Waals surface area contributed by atoms with Gasteiger partial charge in [-0.15, -0.1) is 0 Å². The fraction of sp³-hybridized carbons (Fsp3) is 0.333. The van der Waals surface area contributed by atoms with Crippen molar-refractivity contribution in [2.75, 3.05) is 0 Å². The molecule has 15 heavy (non-hydrogen) atoms. The largest absolute Gasteiger partial charge is 0.303 e. The second-order valence-corrected chi connectivity index (χ2v) is 4.94. The van der Waals surface area contributed by atoms with Crippen molar-refractivity contribution in [1.82, 2.24) is 0 Å². The molecule has 2 nitrogen and oxygen atoms in total. The van der Waals surface area contributed by atoms with Crippen LogP contribution >= 0.6 is 15.9 Å². The van der Waals surface area contributed by atoms with E-state index in [0.29, 0.717) is 11.5 Å². The van der Waals surface area contributed by atoms with Gasteiger partial charge in [0, 0.05) is 16.0 Å². The Balaban J connectivity index is 2.63. The monoisotopic (exact) mass is 266 g/mol. The van der Waals surface area contributed by atoms with Crippen LogP contribution in [0.4, 0.5) is 0 Å². The summed E-state index contributed by atoms with van der Waals surface area (Å²) < 4.78 is 0.905. The molecule has 2 atom stereocenters. The minimum atomic E-state index is -0.117. The average molecular weight is 267 g/mol. The minimum Gasteiger partial charge on any atom is -0.303 e. The van der Waals surface area contributed by atoms with Gasteiger partial charge in [-0.05, 0) is 35.6 Å². The predicted molar refractivity (Wildman–Crippen MR) is 61.2 cm³/mol. The van der Waals surface area contributed by atoms with Gasteiger partial charge in [0.05, 0.1) is 0 Å². The smallest absolute Gasteiger partial charge is 0.150 e. The summed E-state index contributed by atoms with van der Waals surface area (Å²) in [6, 6.07) is 3.78. The van der Waals surface area contributed by atoms with Crippen molar-refractivity contribution in [3.8, 4) is 0 Å². The third-order valence-electron chi connectivity index (χ3n) is 3.02. The van der Waals surface area contributed by atoms with Gasteiger partial charge in [-0.25, -0.2) is 0 Å². The van der Waals surface area contributed by atoms with Crippen LogP contribution < -0.4 is 0 Å². The average Bonchev–Trinajstić information content (AvgIpc) is 2.52. The summed E-state index contributed by atoms with van der Waals surface area (Å²) in [6.07, 6.45) is 2.66. The molecule has 0 aliphatic heterocycles. The van der Waals surface area contributed by atoms with Crippen molar-refractivity contribution in [3.63, 3.8) is 0 Å². The highest BCUT2D eigenvalue weighted by Gasteiger charge is 2.31. The summed E-state index contributed by atoms with van der Waals surface area (Å²) >= 11 is 3.37. The Morgan fingerprint density at radius 3 is 2.73 bits per heavy atom. The van der Waals surface area contributed by atoms with Crippen molar-refractivity contribution in [2.45, 2.75) is 19.3 Å². The van der Waals surface area contributed by atoms with E-state index in [0.717, 1.165) is 34.6 Å². The summed E-state index contributed by atoms with van der Waals surface area (Å²) in [4.78, 5) is 22.0. The summed E-state index contributed by atoms with van der Waals surface area (Å²) in [5, 5.41) is 0. The maximum atomic E-state index is 11.0. The van der Waals surface area contributed by atoms with Gasteiger partial charge in [0.1, 0.15) is 12.6 Å². The van der Waals surface area contributed by atoms with Crippen LogP contribution in [0.15, 0.2) is 16.6 Å². The topological polar surface area (TPSA) is 34.1 Å². The van der Waals surface area contributed by atoms with Gasteiger partial charge in [0.25, 0.3) is 0 Å². The molecule has 0 N–H and O–H groups in total. The Labute approximate surface area is 96.8 Å². The molecule has 3 heteroatoms. The summed E-state index contributed by atoms with van der Waals surface area (Å²) in [5.74, 6) is 0.179. The van der Waals surface area contributed by atoms with Gasteiger partial charge in [-0.1, -0.05) is 22.9 Å². The number of aldehydes is 2. The molecular formula is C12H11BrO2. The molecular weight excluding hydrogens is 256 g/mol. The number of rotatable bonds is 2. The van der Waals surface area contributed by atoms with Crippen molar-refractivity contribution in [2.24, 2.45) is 5.92 Å². The molecule has 1 aromatic carbocycles. The first-order valence-electron chi connectivity index (χ1n) is 4.90. The zero-order valence-corrected chi connectivity index (χ0v) is 9.95. The molecule has 1 aliphatic carbocycles. The first-order valence-corrected chi connectivity index (χ1v) is 5.69. The van der Waals surface area contributed by atoms with E-state index in [2.05, 4.69) is 15.9 Å². The van der Waals surface area contributed by atoms with Crippen LogP contribution in [-0.2, 0) is 11.2 Å². The van der Waals surface area contributed by atoms with E-state index in [1.165, 1.54) is 0 Å². The summed E-state index contributed by atoms with van der Waals surface area (Å²) in [5.41, 5.74) is 2.69. The second-order valence-electron chi connectivity index (χ2n) is 4.03. The van der Waals surface area contributed by atoms with Crippen molar-refractivity contribution in [1.29, 1.82) is 0 Å². The van der Waals surface area contributed by atoms with Crippen LogP contribution in [0.2, 0.25) is 0 Å². The Morgan fingerprint density at radius 1 is 1.40 bits per heavy atom. The third-order valence-corrected chi connectivity index (χ3v) is 3.48. The molecule has 1 aromatic rings. The second kappa shape index (κ2) is 3.89. The zero-order chi connectivity index (χ0) is 11.0. The SMILES string of the molecule is C[C@@H]1Cc2cc(Br)cc(C=O)c2[C@H]1C=O. The van der Waals surface area contributed by atoms with Gasteiger partial charge in [0.2, 0.25) is 0 Å². The van der Waals surface area contributed by atoms with Gasteiger partial charge in [-0.3, -0.25) is 4.79 Å². The molecule has 0 bridgehead atoms. The van der Waals surface area contributed by atoms with E-state index < -0.39 is 0 Å².